The molecule has 8 heavy (non-hydrogen) atoms. The zero-order valence-corrected chi connectivity index (χ0v) is 4.63. The van der Waals surface area contributed by atoms with Gasteiger partial charge in [-0.15, -0.1) is 0 Å². The Balaban J connectivity index is 0.000000490. The van der Waals surface area contributed by atoms with Crippen LogP contribution >= 0.6 is 0 Å². The van der Waals surface area contributed by atoms with E-state index in [0.717, 1.165) is 0 Å². The van der Waals surface area contributed by atoms with Crippen LogP contribution in [0.4, 0.5) is 0 Å². The first-order valence-electron chi connectivity index (χ1n) is 2.26. The molecule has 0 aliphatic heterocycles. The zero-order valence-electron chi connectivity index (χ0n) is 4.63. The SMILES string of the molecule is C.Cn1cc[n+](C)c1. The molecule has 2 nitrogen and oxygen atoms in total. The molecule has 1 aromatic heterocycles. The van der Waals surface area contributed by atoms with Crippen LogP contribution in [-0.2, 0) is 14.1 Å². The highest BCUT2D eigenvalue weighted by molar-refractivity contribution is 4.60. The molecule has 0 bridgehead atoms. The standard InChI is InChI=1S/C5H9N2.CH4/c1-6-3-4-7(2)5-6;/h3-5H,1-2H3;1H4/q+1;. The van der Waals surface area contributed by atoms with Crippen molar-refractivity contribution in [3.05, 3.63) is 18.7 Å². The molecule has 0 atom stereocenters. The monoisotopic (exact) mass is 113 g/mol. The molecule has 46 valence electrons. The Kier molecular flexibility index (Phi) is 2.25. The van der Waals surface area contributed by atoms with Gasteiger partial charge in [-0.1, -0.05) is 7.43 Å². The molecule has 0 amide bonds. The average Bonchev–Trinajstić information content (AvgIpc) is 1.87. The van der Waals surface area contributed by atoms with Crippen molar-refractivity contribution in [3.8, 4) is 0 Å². The smallest absolute Gasteiger partial charge is 0.240 e. The third-order valence-corrected chi connectivity index (χ3v) is 0.901. The van der Waals surface area contributed by atoms with Crippen molar-refractivity contribution in [1.29, 1.82) is 0 Å². The van der Waals surface area contributed by atoms with Gasteiger partial charge in [0.25, 0.3) is 0 Å². The topological polar surface area (TPSA) is 8.81 Å². The number of hydrogen-bond acceptors (Lipinski definition) is 0. The molecule has 1 heterocycles. The maximum Gasteiger partial charge on any atom is 0.243 e. The molecule has 0 N–H and O–H groups in total. The van der Waals surface area contributed by atoms with Crippen molar-refractivity contribution in [2.75, 3.05) is 0 Å². The first-order valence-corrected chi connectivity index (χ1v) is 2.26. The van der Waals surface area contributed by atoms with Crippen LogP contribution < -0.4 is 4.57 Å². The van der Waals surface area contributed by atoms with Crippen LogP contribution in [0, 0.1) is 0 Å². The lowest BCUT2D eigenvalue weighted by Gasteiger charge is -1.72. The number of aromatic nitrogens is 2. The molecule has 0 saturated carbocycles. The second kappa shape index (κ2) is 2.50. The summed E-state index contributed by atoms with van der Waals surface area (Å²) in [5.74, 6) is 0. The van der Waals surface area contributed by atoms with Gasteiger partial charge in [0.15, 0.2) is 0 Å². The lowest BCUT2D eigenvalue weighted by atomic mass is 10.9. The number of aryl methyl sites for hydroxylation is 2. The molecule has 2 heteroatoms. The molecule has 0 fully saturated rings. The van der Waals surface area contributed by atoms with Gasteiger partial charge in [-0.2, -0.15) is 0 Å². The van der Waals surface area contributed by atoms with Crippen molar-refractivity contribution in [2.45, 2.75) is 7.43 Å². The number of hydrogen-bond donors (Lipinski definition) is 0. The van der Waals surface area contributed by atoms with E-state index in [2.05, 4.69) is 0 Å². The Bertz CT molecular complexity index is 139. The molecular weight excluding hydrogens is 100 g/mol. The van der Waals surface area contributed by atoms with Gasteiger partial charge in [0.05, 0.1) is 14.1 Å². The highest BCUT2D eigenvalue weighted by Gasteiger charge is 1.87. The van der Waals surface area contributed by atoms with Crippen LogP contribution in [0.3, 0.4) is 0 Å². The van der Waals surface area contributed by atoms with E-state index in [-0.39, 0.29) is 7.43 Å². The van der Waals surface area contributed by atoms with Gasteiger partial charge in [-0.05, 0) is 0 Å². The van der Waals surface area contributed by atoms with Gasteiger partial charge < -0.3 is 0 Å². The third kappa shape index (κ3) is 1.37. The number of rotatable bonds is 0. The van der Waals surface area contributed by atoms with E-state index in [1.165, 1.54) is 0 Å². The molecule has 0 spiro atoms. The van der Waals surface area contributed by atoms with Crippen LogP contribution in [0.2, 0.25) is 0 Å². The second-order valence-electron chi connectivity index (χ2n) is 1.74. The summed E-state index contributed by atoms with van der Waals surface area (Å²) in [6, 6.07) is 0. The van der Waals surface area contributed by atoms with Crippen LogP contribution in [0.1, 0.15) is 7.43 Å². The van der Waals surface area contributed by atoms with Gasteiger partial charge in [-0.3, -0.25) is 0 Å². The third-order valence-electron chi connectivity index (χ3n) is 0.901. The fourth-order valence-electron chi connectivity index (χ4n) is 0.575. The first-order chi connectivity index (χ1) is 3.29. The van der Waals surface area contributed by atoms with Crippen molar-refractivity contribution in [2.24, 2.45) is 14.1 Å². The van der Waals surface area contributed by atoms with Crippen molar-refractivity contribution in [3.63, 3.8) is 0 Å². The fourth-order valence-corrected chi connectivity index (χ4v) is 0.575. The minimum Gasteiger partial charge on any atom is -0.240 e. The summed E-state index contributed by atoms with van der Waals surface area (Å²) >= 11 is 0. The van der Waals surface area contributed by atoms with E-state index in [9.17, 15) is 0 Å². The summed E-state index contributed by atoms with van der Waals surface area (Å²) in [5.41, 5.74) is 0. The van der Waals surface area contributed by atoms with Crippen LogP contribution in [-0.4, -0.2) is 4.57 Å². The molecule has 0 aliphatic rings. The largest absolute Gasteiger partial charge is 0.243 e. The summed E-state index contributed by atoms with van der Waals surface area (Å²) in [6.07, 6.45) is 6.00. The van der Waals surface area contributed by atoms with Crippen LogP contribution in [0.5, 0.6) is 0 Å². The van der Waals surface area contributed by atoms with E-state index < -0.39 is 0 Å². The number of imidazole rings is 1. The minimum absolute atomic E-state index is 0. The summed E-state index contributed by atoms with van der Waals surface area (Å²) in [4.78, 5) is 0. The highest BCUT2D eigenvalue weighted by Crippen LogP contribution is 1.70. The van der Waals surface area contributed by atoms with Gasteiger partial charge in [0.2, 0.25) is 6.33 Å². The molecular formula is C6H13N2+. The summed E-state index contributed by atoms with van der Waals surface area (Å²) in [6.45, 7) is 0. The normalized spacial score (nSPS) is 8.25. The summed E-state index contributed by atoms with van der Waals surface area (Å²) in [7, 11) is 4.00. The van der Waals surface area contributed by atoms with Crippen molar-refractivity contribution < 1.29 is 4.57 Å². The van der Waals surface area contributed by atoms with E-state index in [0.29, 0.717) is 0 Å². The summed E-state index contributed by atoms with van der Waals surface area (Å²) < 4.78 is 4.00. The minimum atomic E-state index is 0. The highest BCUT2D eigenvalue weighted by atomic mass is 15.1. The maximum absolute atomic E-state index is 2.00. The number of nitrogens with zero attached hydrogens (tertiary/aromatic N) is 2. The van der Waals surface area contributed by atoms with E-state index >= 15 is 0 Å². The van der Waals surface area contributed by atoms with Crippen LogP contribution in [0.15, 0.2) is 18.7 Å². The van der Waals surface area contributed by atoms with Gasteiger partial charge in [-0.25, -0.2) is 9.13 Å². The molecule has 0 aliphatic carbocycles. The molecule has 0 unspecified atom stereocenters. The van der Waals surface area contributed by atoms with E-state index in [4.69, 9.17) is 0 Å². The zero-order chi connectivity index (χ0) is 5.28. The Morgan fingerprint density at radius 2 is 2.12 bits per heavy atom. The molecule has 0 radical (unpaired) electrons. The Labute approximate surface area is 50.4 Å². The molecule has 0 saturated heterocycles. The maximum atomic E-state index is 2.00. The quantitative estimate of drug-likeness (QED) is 0.433. The summed E-state index contributed by atoms with van der Waals surface area (Å²) in [5, 5.41) is 0. The van der Waals surface area contributed by atoms with Crippen molar-refractivity contribution >= 4 is 0 Å². The van der Waals surface area contributed by atoms with E-state index in [1.807, 2.05) is 42.0 Å². The predicted molar refractivity (Wildman–Crippen MR) is 33.3 cm³/mol. The van der Waals surface area contributed by atoms with Gasteiger partial charge in [0.1, 0.15) is 12.4 Å². The van der Waals surface area contributed by atoms with Gasteiger partial charge in [0, 0.05) is 0 Å². The molecule has 0 aromatic carbocycles. The second-order valence-corrected chi connectivity index (χ2v) is 1.74. The Morgan fingerprint density at radius 1 is 1.50 bits per heavy atom. The predicted octanol–water partition coefficient (Wildman–Crippen LogP) is 0.486. The van der Waals surface area contributed by atoms with Crippen LogP contribution in [0.25, 0.3) is 0 Å². The van der Waals surface area contributed by atoms with Crippen molar-refractivity contribution in [1.82, 2.24) is 4.57 Å². The lowest BCUT2D eigenvalue weighted by molar-refractivity contribution is -0.670. The Hall–Kier alpha value is -0.790. The fraction of sp³-hybridized carbons (Fsp3) is 0.500. The first kappa shape index (κ1) is 7.21. The lowest BCUT2D eigenvalue weighted by Crippen LogP contribution is -2.23. The van der Waals surface area contributed by atoms with Gasteiger partial charge >= 0.3 is 0 Å². The molecule has 1 rings (SSSR count). The Morgan fingerprint density at radius 3 is 2.25 bits per heavy atom. The van der Waals surface area contributed by atoms with E-state index in [1.54, 1.807) is 0 Å². The average molecular weight is 113 g/mol. The molecule has 1 aromatic rings.